The zero-order chi connectivity index (χ0) is 17.6. The topological polar surface area (TPSA) is 71.1 Å². The van der Waals surface area contributed by atoms with E-state index in [-0.39, 0.29) is 12.2 Å². The van der Waals surface area contributed by atoms with Crippen molar-refractivity contribution in [3.05, 3.63) is 25.7 Å². The standard InChI is InChI=1S/C16H24O6S2/c1-3-19-7-5-13-11-23-9-10-24-12-14(6-8-20-4-2)22-16(18)15(17)21-13/h3-4,13-14H,1-2,5-12H2. The summed E-state index contributed by atoms with van der Waals surface area (Å²) >= 11 is 3.38. The van der Waals surface area contributed by atoms with Crippen LogP contribution in [0.1, 0.15) is 12.8 Å². The lowest BCUT2D eigenvalue weighted by molar-refractivity contribution is -0.173. The fourth-order valence-electron chi connectivity index (χ4n) is 1.86. The van der Waals surface area contributed by atoms with Crippen LogP contribution in [0.25, 0.3) is 0 Å². The Morgan fingerprint density at radius 3 is 1.71 bits per heavy atom. The van der Waals surface area contributed by atoms with Crippen LogP contribution in [0.15, 0.2) is 25.7 Å². The summed E-state index contributed by atoms with van der Waals surface area (Å²) in [6.07, 6.45) is 2.91. The number of cyclic esters (lactones) is 2. The van der Waals surface area contributed by atoms with Gasteiger partial charge in [0.1, 0.15) is 12.2 Å². The molecule has 2 atom stereocenters. The number of hydrogen-bond acceptors (Lipinski definition) is 8. The fourth-order valence-corrected chi connectivity index (χ4v) is 4.14. The molecule has 1 heterocycles. The van der Waals surface area contributed by atoms with E-state index in [1.54, 1.807) is 23.5 Å². The van der Waals surface area contributed by atoms with E-state index >= 15 is 0 Å². The maximum absolute atomic E-state index is 11.9. The van der Waals surface area contributed by atoms with Crippen LogP contribution in [0, 0.1) is 0 Å². The van der Waals surface area contributed by atoms with Crippen molar-refractivity contribution in [2.75, 3.05) is 36.2 Å². The molecule has 0 bridgehead atoms. The van der Waals surface area contributed by atoms with Gasteiger partial charge in [-0.2, -0.15) is 23.5 Å². The number of ether oxygens (including phenoxy) is 4. The van der Waals surface area contributed by atoms with Crippen LogP contribution in [0.4, 0.5) is 0 Å². The Kier molecular flexibility index (Phi) is 11.3. The summed E-state index contributed by atoms with van der Waals surface area (Å²) in [6.45, 7) is 7.69. The molecule has 1 aliphatic rings. The molecule has 0 aromatic rings. The van der Waals surface area contributed by atoms with Crippen LogP contribution >= 0.6 is 23.5 Å². The van der Waals surface area contributed by atoms with E-state index in [9.17, 15) is 9.59 Å². The fraction of sp³-hybridized carbons (Fsp3) is 0.625. The molecule has 6 nitrogen and oxygen atoms in total. The first-order chi connectivity index (χ1) is 11.7. The summed E-state index contributed by atoms with van der Waals surface area (Å²) in [5.74, 6) is 1.20. The van der Waals surface area contributed by atoms with Crippen molar-refractivity contribution in [1.29, 1.82) is 0 Å². The third-order valence-electron chi connectivity index (χ3n) is 3.04. The van der Waals surface area contributed by atoms with Gasteiger partial charge in [-0.25, -0.2) is 9.59 Å². The minimum atomic E-state index is -0.959. The van der Waals surface area contributed by atoms with Gasteiger partial charge in [0, 0.05) is 35.9 Å². The van der Waals surface area contributed by atoms with E-state index in [2.05, 4.69) is 13.2 Å². The Labute approximate surface area is 151 Å². The number of hydrogen-bond donors (Lipinski definition) is 0. The number of esters is 2. The molecule has 1 rings (SSSR count). The van der Waals surface area contributed by atoms with Crippen molar-refractivity contribution in [3.63, 3.8) is 0 Å². The lowest BCUT2D eigenvalue weighted by atomic mass is 10.3. The van der Waals surface area contributed by atoms with Gasteiger partial charge in [-0.05, 0) is 0 Å². The summed E-state index contributed by atoms with van der Waals surface area (Å²) in [6, 6.07) is 0. The highest BCUT2D eigenvalue weighted by molar-refractivity contribution is 8.02. The Morgan fingerprint density at radius 2 is 1.33 bits per heavy atom. The van der Waals surface area contributed by atoms with Crippen molar-refractivity contribution in [2.45, 2.75) is 25.0 Å². The molecule has 8 heteroatoms. The SMILES string of the molecule is C=COCCC1CSCCSCC(CCOC=C)OC(=O)C(=O)O1. The highest BCUT2D eigenvalue weighted by Crippen LogP contribution is 2.17. The minimum Gasteiger partial charge on any atom is -0.502 e. The van der Waals surface area contributed by atoms with Crippen molar-refractivity contribution in [2.24, 2.45) is 0 Å². The average molecular weight is 376 g/mol. The zero-order valence-corrected chi connectivity index (χ0v) is 15.3. The molecule has 24 heavy (non-hydrogen) atoms. The molecule has 0 aromatic carbocycles. The summed E-state index contributed by atoms with van der Waals surface area (Å²) in [5.41, 5.74) is 0. The molecular weight excluding hydrogens is 352 g/mol. The summed E-state index contributed by atoms with van der Waals surface area (Å²) in [7, 11) is 0. The second-order valence-electron chi connectivity index (χ2n) is 4.86. The first-order valence-electron chi connectivity index (χ1n) is 7.69. The van der Waals surface area contributed by atoms with E-state index < -0.39 is 11.9 Å². The summed E-state index contributed by atoms with van der Waals surface area (Å²) in [4.78, 5) is 23.9. The van der Waals surface area contributed by atoms with Gasteiger partial charge in [0.2, 0.25) is 0 Å². The first-order valence-corrected chi connectivity index (χ1v) is 10.0. The molecule has 0 aromatic heterocycles. The van der Waals surface area contributed by atoms with Crippen LogP contribution in [-0.2, 0) is 28.5 Å². The number of carbonyl (C=O) groups excluding carboxylic acids is 2. The van der Waals surface area contributed by atoms with Gasteiger partial charge in [-0.15, -0.1) is 0 Å². The van der Waals surface area contributed by atoms with E-state index in [0.29, 0.717) is 37.6 Å². The van der Waals surface area contributed by atoms with E-state index in [1.165, 1.54) is 12.5 Å². The molecule has 0 radical (unpaired) electrons. The molecule has 0 amide bonds. The Balaban J connectivity index is 2.58. The summed E-state index contributed by atoms with van der Waals surface area (Å²) < 4.78 is 20.6. The van der Waals surface area contributed by atoms with E-state index in [0.717, 1.165) is 11.5 Å². The van der Waals surface area contributed by atoms with Gasteiger partial charge in [-0.3, -0.25) is 0 Å². The normalized spacial score (nSPS) is 23.0. The third-order valence-corrected chi connectivity index (χ3v) is 5.50. The monoisotopic (exact) mass is 376 g/mol. The van der Waals surface area contributed by atoms with Crippen molar-refractivity contribution >= 4 is 35.5 Å². The number of rotatable bonds is 8. The number of thioether (sulfide) groups is 2. The van der Waals surface area contributed by atoms with Gasteiger partial charge in [0.15, 0.2) is 0 Å². The van der Waals surface area contributed by atoms with Crippen LogP contribution < -0.4 is 0 Å². The Morgan fingerprint density at radius 1 is 0.917 bits per heavy atom. The average Bonchev–Trinajstić information content (AvgIpc) is 2.56. The predicted molar refractivity (Wildman–Crippen MR) is 95.9 cm³/mol. The maximum Gasteiger partial charge on any atom is 0.417 e. The second-order valence-corrected chi connectivity index (χ2v) is 7.16. The van der Waals surface area contributed by atoms with E-state index in [4.69, 9.17) is 18.9 Å². The number of carbonyl (C=O) groups is 2. The van der Waals surface area contributed by atoms with Crippen molar-refractivity contribution in [3.8, 4) is 0 Å². The third kappa shape index (κ3) is 9.12. The van der Waals surface area contributed by atoms with Gasteiger partial charge in [0.25, 0.3) is 0 Å². The smallest absolute Gasteiger partial charge is 0.417 e. The van der Waals surface area contributed by atoms with Crippen LogP contribution in [0.5, 0.6) is 0 Å². The largest absolute Gasteiger partial charge is 0.502 e. The molecule has 2 unspecified atom stereocenters. The van der Waals surface area contributed by atoms with E-state index in [1.807, 2.05) is 0 Å². The van der Waals surface area contributed by atoms with Gasteiger partial charge in [0.05, 0.1) is 25.7 Å². The zero-order valence-electron chi connectivity index (χ0n) is 13.6. The molecule has 1 aliphatic heterocycles. The molecule has 0 spiro atoms. The second kappa shape index (κ2) is 13.1. The Hall–Kier alpha value is -1.28. The molecule has 0 aliphatic carbocycles. The van der Waals surface area contributed by atoms with Crippen molar-refractivity contribution < 1.29 is 28.5 Å². The molecule has 0 saturated carbocycles. The highest BCUT2D eigenvalue weighted by atomic mass is 32.2. The maximum atomic E-state index is 11.9. The minimum absolute atomic E-state index is 0.382. The van der Waals surface area contributed by atoms with Crippen LogP contribution in [0.3, 0.4) is 0 Å². The first kappa shape index (κ1) is 20.8. The van der Waals surface area contributed by atoms with Crippen LogP contribution in [0.2, 0.25) is 0 Å². The molecular formula is C16H24O6S2. The van der Waals surface area contributed by atoms with Crippen molar-refractivity contribution in [1.82, 2.24) is 0 Å². The summed E-state index contributed by atoms with van der Waals surface area (Å²) in [5, 5.41) is 0. The van der Waals surface area contributed by atoms with Gasteiger partial charge < -0.3 is 18.9 Å². The van der Waals surface area contributed by atoms with Gasteiger partial charge in [-0.1, -0.05) is 13.2 Å². The Bertz CT molecular complexity index is 377. The highest BCUT2D eigenvalue weighted by Gasteiger charge is 2.26. The molecule has 136 valence electrons. The van der Waals surface area contributed by atoms with Crippen LogP contribution in [-0.4, -0.2) is 60.4 Å². The predicted octanol–water partition coefficient (Wildman–Crippen LogP) is 2.39. The lowest BCUT2D eigenvalue weighted by Gasteiger charge is -2.21. The molecule has 1 fully saturated rings. The lowest BCUT2D eigenvalue weighted by Crippen LogP contribution is -2.32. The quantitative estimate of drug-likeness (QED) is 0.277. The molecule has 0 N–H and O–H groups in total. The van der Waals surface area contributed by atoms with Gasteiger partial charge >= 0.3 is 11.9 Å². The molecule has 1 saturated heterocycles.